The highest BCUT2D eigenvalue weighted by atomic mass is 35.5. The van der Waals surface area contributed by atoms with Crippen LogP contribution < -0.4 is 5.32 Å². The number of allylic oxidation sites excluding steroid dienone is 3. The third kappa shape index (κ3) is 4.28. The van der Waals surface area contributed by atoms with Crippen LogP contribution >= 0.6 is 11.6 Å². The Morgan fingerprint density at radius 3 is 2.41 bits per heavy atom. The van der Waals surface area contributed by atoms with Gasteiger partial charge in [0.25, 0.3) is 0 Å². The summed E-state index contributed by atoms with van der Waals surface area (Å²) in [7, 11) is 0. The summed E-state index contributed by atoms with van der Waals surface area (Å²) in [6.07, 6.45) is 8.60. The molecule has 1 saturated carbocycles. The van der Waals surface area contributed by atoms with Gasteiger partial charge in [0.1, 0.15) is 6.10 Å². The average molecular weight is 414 g/mol. The van der Waals surface area contributed by atoms with Crippen LogP contribution in [0.15, 0.2) is 46.8 Å². The van der Waals surface area contributed by atoms with Crippen LogP contribution in [-0.2, 0) is 14.3 Å². The standard InChI is InChI=1S/C24H28ClNO3/c1-15-21(24(28)29-18-7-4-2-3-5-8-18)22(16-11-13-17(25)14-12-16)23-19(26-15)9-6-10-20(23)27/h11-14,18,22,26H,2-10H2,1H3/t22-/m0/s1. The number of carbonyl (C=O) groups excluding carboxylic acids is 2. The third-order valence-electron chi connectivity index (χ3n) is 6.28. The predicted octanol–water partition coefficient (Wildman–Crippen LogP) is 5.57. The average Bonchev–Trinajstić information content (AvgIpc) is 2.96. The summed E-state index contributed by atoms with van der Waals surface area (Å²) in [4.78, 5) is 26.2. The number of esters is 1. The van der Waals surface area contributed by atoms with Crippen LogP contribution in [0.2, 0.25) is 5.02 Å². The zero-order chi connectivity index (χ0) is 20.4. The van der Waals surface area contributed by atoms with Gasteiger partial charge in [-0.05, 0) is 63.1 Å². The molecule has 1 aromatic rings. The Bertz CT molecular complexity index is 861. The van der Waals surface area contributed by atoms with E-state index in [1.165, 1.54) is 12.8 Å². The topological polar surface area (TPSA) is 55.4 Å². The fourth-order valence-corrected chi connectivity index (χ4v) is 4.94. The Morgan fingerprint density at radius 1 is 1.03 bits per heavy atom. The summed E-state index contributed by atoms with van der Waals surface area (Å²) in [5, 5.41) is 3.99. The van der Waals surface area contributed by atoms with Gasteiger partial charge >= 0.3 is 5.97 Å². The minimum absolute atomic E-state index is 0.0337. The van der Waals surface area contributed by atoms with Crippen LogP contribution in [0.5, 0.6) is 0 Å². The van der Waals surface area contributed by atoms with Crippen molar-refractivity contribution in [3.8, 4) is 0 Å². The smallest absolute Gasteiger partial charge is 0.337 e. The molecule has 1 N–H and O–H groups in total. The van der Waals surface area contributed by atoms with E-state index in [2.05, 4.69) is 5.32 Å². The number of carbonyl (C=O) groups is 2. The lowest BCUT2D eigenvalue weighted by Gasteiger charge is -2.34. The largest absolute Gasteiger partial charge is 0.459 e. The van der Waals surface area contributed by atoms with E-state index in [1.807, 2.05) is 31.2 Å². The molecule has 0 amide bonds. The first kappa shape index (κ1) is 20.2. The molecule has 29 heavy (non-hydrogen) atoms. The third-order valence-corrected chi connectivity index (χ3v) is 6.53. The van der Waals surface area contributed by atoms with Gasteiger partial charge in [-0.25, -0.2) is 4.79 Å². The number of dihydropyridines is 1. The quantitative estimate of drug-likeness (QED) is 0.519. The zero-order valence-corrected chi connectivity index (χ0v) is 17.7. The molecule has 0 unspecified atom stereocenters. The lowest BCUT2D eigenvalue weighted by molar-refractivity contribution is -0.145. The molecule has 0 spiro atoms. The Hall–Kier alpha value is -2.07. The van der Waals surface area contributed by atoms with Crippen LogP contribution in [0.3, 0.4) is 0 Å². The van der Waals surface area contributed by atoms with E-state index in [0.717, 1.165) is 61.1 Å². The molecule has 5 heteroatoms. The predicted molar refractivity (Wildman–Crippen MR) is 113 cm³/mol. The lowest BCUT2D eigenvalue weighted by Crippen LogP contribution is -2.35. The van der Waals surface area contributed by atoms with E-state index in [4.69, 9.17) is 16.3 Å². The second kappa shape index (κ2) is 8.74. The molecule has 4 nitrogen and oxygen atoms in total. The molecule has 0 saturated heterocycles. The van der Waals surface area contributed by atoms with E-state index in [9.17, 15) is 9.59 Å². The molecule has 1 heterocycles. The molecule has 154 valence electrons. The van der Waals surface area contributed by atoms with Gasteiger partial charge in [0.2, 0.25) is 0 Å². The number of nitrogens with one attached hydrogen (secondary N) is 1. The maximum absolute atomic E-state index is 13.3. The van der Waals surface area contributed by atoms with E-state index < -0.39 is 5.92 Å². The summed E-state index contributed by atoms with van der Waals surface area (Å²) in [5.41, 5.74) is 3.93. The fraction of sp³-hybridized carbons (Fsp3) is 0.500. The highest BCUT2D eigenvalue weighted by Gasteiger charge is 2.39. The van der Waals surface area contributed by atoms with Crippen molar-refractivity contribution in [2.45, 2.75) is 76.7 Å². The number of ether oxygens (including phenoxy) is 1. The van der Waals surface area contributed by atoms with E-state index in [0.29, 0.717) is 17.0 Å². The summed E-state index contributed by atoms with van der Waals surface area (Å²) < 4.78 is 5.97. The molecule has 0 aromatic heterocycles. The number of Topliss-reactive ketones (excluding diaryl/α,β-unsaturated/α-hetero) is 1. The number of benzene rings is 1. The molecule has 0 radical (unpaired) electrons. The molecule has 0 bridgehead atoms. The molecule has 3 aliphatic rings. The van der Waals surface area contributed by atoms with Crippen LogP contribution in [0.25, 0.3) is 0 Å². The van der Waals surface area contributed by atoms with Gasteiger partial charge in [0.15, 0.2) is 5.78 Å². The second-order valence-electron chi connectivity index (χ2n) is 8.34. The molecular formula is C24H28ClNO3. The summed E-state index contributed by atoms with van der Waals surface area (Å²) in [5.74, 6) is -0.577. The van der Waals surface area contributed by atoms with Gasteiger partial charge in [-0.15, -0.1) is 0 Å². The number of halogens is 1. The Labute approximate surface area is 177 Å². The summed E-state index contributed by atoms with van der Waals surface area (Å²) in [6, 6.07) is 7.46. The second-order valence-corrected chi connectivity index (χ2v) is 8.77. The Kier molecular flexibility index (Phi) is 6.09. The SMILES string of the molecule is CC1=C(C(=O)OC2CCCCCC2)[C@H](c2ccc(Cl)cc2)C2=C(CCCC2=O)N1. The first-order valence-electron chi connectivity index (χ1n) is 10.7. The fourth-order valence-electron chi connectivity index (χ4n) is 4.82. The van der Waals surface area contributed by atoms with Crippen molar-refractivity contribution < 1.29 is 14.3 Å². The first-order chi connectivity index (χ1) is 14.0. The van der Waals surface area contributed by atoms with Gasteiger partial charge in [0.05, 0.1) is 5.57 Å². The van der Waals surface area contributed by atoms with Crippen molar-refractivity contribution in [2.75, 3.05) is 0 Å². The number of ketones is 1. The highest BCUT2D eigenvalue weighted by Crippen LogP contribution is 2.43. The number of hydrogen-bond acceptors (Lipinski definition) is 4. The number of hydrogen-bond donors (Lipinski definition) is 1. The Balaban J connectivity index is 1.70. The molecule has 1 aliphatic heterocycles. The number of rotatable bonds is 3. The van der Waals surface area contributed by atoms with Crippen molar-refractivity contribution in [1.82, 2.24) is 5.32 Å². The van der Waals surface area contributed by atoms with Gasteiger partial charge in [-0.3, -0.25) is 4.79 Å². The molecular weight excluding hydrogens is 386 g/mol. The van der Waals surface area contributed by atoms with Crippen LogP contribution in [0, 0.1) is 0 Å². The maximum Gasteiger partial charge on any atom is 0.337 e. The molecule has 1 aromatic carbocycles. The van der Waals surface area contributed by atoms with Crippen molar-refractivity contribution in [2.24, 2.45) is 0 Å². The molecule has 1 atom stereocenters. The van der Waals surface area contributed by atoms with E-state index in [-0.39, 0.29) is 17.9 Å². The lowest BCUT2D eigenvalue weighted by atomic mass is 9.75. The normalized spacial score (nSPS) is 23.4. The minimum Gasteiger partial charge on any atom is -0.459 e. The summed E-state index contributed by atoms with van der Waals surface area (Å²) >= 11 is 6.09. The first-order valence-corrected chi connectivity index (χ1v) is 11.1. The summed E-state index contributed by atoms with van der Waals surface area (Å²) in [6.45, 7) is 1.91. The van der Waals surface area contributed by atoms with Crippen LogP contribution in [-0.4, -0.2) is 17.9 Å². The van der Waals surface area contributed by atoms with Crippen molar-refractivity contribution in [1.29, 1.82) is 0 Å². The van der Waals surface area contributed by atoms with E-state index in [1.54, 1.807) is 0 Å². The highest BCUT2D eigenvalue weighted by molar-refractivity contribution is 6.30. The monoisotopic (exact) mass is 413 g/mol. The van der Waals surface area contributed by atoms with Gasteiger partial charge in [-0.1, -0.05) is 36.6 Å². The minimum atomic E-state index is -0.394. The Morgan fingerprint density at radius 2 is 1.72 bits per heavy atom. The maximum atomic E-state index is 13.3. The van der Waals surface area contributed by atoms with E-state index >= 15 is 0 Å². The molecule has 4 rings (SSSR count). The van der Waals surface area contributed by atoms with Crippen molar-refractivity contribution in [3.63, 3.8) is 0 Å². The zero-order valence-electron chi connectivity index (χ0n) is 16.9. The van der Waals surface area contributed by atoms with Crippen molar-refractivity contribution >= 4 is 23.4 Å². The van der Waals surface area contributed by atoms with Gasteiger partial charge in [-0.2, -0.15) is 0 Å². The molecule has 2 aliphatic carbocycles. The molecule has 1 fully saturated rings. The van der Waals surface area contributed by atoms with Crippen LogP contribution in [0.4, 0.5) is 0 Å². The van der Waals surface area contributed by atoms with Crippen LogP contribution in [0.1, 0.15) is 76.2 Å². The van der Waals surface area contributed by atoms with Crippen molar-refractivity contribution in [3.05, 3.63) is 57.4 Å². The van der Waals surface area contributed by atoms with Gasteiger partial charge in [0, 0.05) is 34.3 Å². The van der Waals surface area contributed by atoms with Gasteiger partial charge < -0.3 is 10.1 Å².